The average molecular weight is 323 g/mol. The van der Waals surface area contributed by atoms with Gasteiger partial charge in [-0.3, -0.25) is 0 Å². The van der Waals surface area contributed by atoms with E-state index in [4.69, 9.17) is 11.6 Å². The number of benzene rings is 1. The Kier molecular flexibility index (Phi) is 4.38. The van der Waals surface area contributed by atoms with Gasteiger partial charge in [-0.1, -0.05) is 11.6 Å². The van der Waals surface area contributed by atoms with E-state index in [0.717, 1.165) is 25.1 Å². The molecule has 2 fully saturated rings. The standard InChI is InChI=1S/C15H19ClN4O2/c16-11-3-5-12(6-4-11)18-15(22)19-8-1-2-13(10-19)20-9-7-17-14(20)21/h3-6,13H,1-2,7-10H2,(H,17,21)(H,18,22)/t13-/m0/s1. The van der Waals surface area contributed by atoms with Crippen molar-refractivity contribution in [1.29, 1.82) is 0 Å². The van der Waals surface area contributed by atoms with E-state index in [2.05, 4.69) is 10.6 Å². The number of urea groups is 2. The fourth-order valence-corrected chi connectivity index (χ4v) is 3.09. The molecule has 1 atom stereocenters. The molecule has 1 aromatic rings. The molecule has 1 aromatic carbocycles. The molecule has 0 unspecified atom stereocenters. The lowest BCUT2D eigenvalue weighted by molar-refractivity contribution is 0.139. The van der Waals surface area contributed by atoms with Gasteiger partial charge in [0.25, 0.3) is 0 Å². The molecule has 0 aromatic heterocycles. The summed E-state index contributed by atoms with van der Waals surface area (Å²) in [6.07, 6.45) is 1.85. The molecule has 0 aliphatic carbocycles. The molecule has 4 amide bonds. The lowest BCUT2D eigenvalue weighted by atomic mass is 10.0. The SMILES string of the molecule is O=C(Nc1ccc(Cl)cc1)N1CCC[C@H](N2CCNC2=O)C1. The van der Waals surface area contributed by atoms with Crippen molar-refractivity contribution in [2.24, 2.45) is 0 Å². The van der Waals surface area contributed by atoms with E-state index in [0.29, 0.717) is 24.7 Å². The minimum atomic E-state index is -0.133. The van der Waals surface area contributed by atoms with Crippen molar-refractivity contribution >= 4 is 29.4 Å². The zero-order valence-electron chi connectivity index (χ0n) is 12.2. The minimum absolute atomic E-state index is 0.0232. The summed E-state index contributed by atoms with van der Waals surface area (Å²) in [5, 5.41) is 6.32. The Morgan fingerprint density at radius 1 is 1.27 bits per heavy atom. The number of likely N-dealkylation sites (tertiary alicyclic amines) is 1. The quantitative estimate of drug-likeness (QED) is 0.878. The number of hydrogen-bond acceptors (Lipinski definition) is 2. The first-order valence-corrected chi connectivity index (χ1v) is 7.87. The molecule has 0 saturated carbocycles. The second kappa shape index (κ2) is 6.44. The zero-order valence-corrected chi connectivity index (χ0v) is 13.0. The van der Waals surface area contributed by atoms with Crippen molar-refractivity contribution in [2.75, 3.05) is 31.5 Å². The van der Waals surface area contributed by atoms with Crippen LogP contribution in [0, 0.1) is 0 Å². The molecule has 0 radical (unpaired) electrons. The first kappa shape index (κ1) is 15.0. The summed E-state index contributed by atoms with van der Waals surface area (Å²) in [4.78, 5) is 27.7. The highest BCUT2D eigenvalue weighted by molar-refractivity contribution is 6.30. The lowest BCUT2D eigenvalue weighted by Crippen LogP contribution is -2.51. The number of anilines is 1. The second-order valence-electron chi connectivity index (χ2n) is 5.60. The van der Waals surface area contributed by atoms with Crippen LogP contribution >= 0.6 is 11.6 Å². The summed E-state index contributed by atoms with van der Waals surface area (Å²) in [5.41, 5.74) is 0.718. The Hall–Kier alpha value is -1.95. The van der Waals surface area contributed by atoms with Crippen molar-refractivity contribution in [3.05, 3.63) is 29.3 Å². The van der Waals surface area contributed by atoms with E-state index >= 15 is 0 Å². The smallest absolute Gasteiger partial charge is 0.321 e. The summed E-state index contributed by atoms with van der Waals surface area (Å²) in [7, 11) is 0. The fourth-order valence-electron chi connectivity index (χ4n) is 2.96. The predicted molar refractivity (Wildman–Crippen MR) is 85.2 cm³/mol. The van der Waals surface area contributed by atoms with Crippen LogP contribution in [0.1, 0.15) is 12.8 Å². The van der Waals surface area contributed by atoms with Crippen LogP contribution in [0.2, 0.25) is 5.02 Å². The average Bonchev–Trinajstić information content (AvgIpc) is 2.96. The van der Waals surface area contributed by atoms with Gasteiger partial charge in [-0.15, -0.1) is 0 Å². The maximum Gasteiger partial charge on any atom is 0.321 e. The summed E-state index contributed by atoms with van der Waals surface area (Å²) >= 11 is 5.84. The van der Waals surface area contributed by atoms with Crippen LogP contribution in [-0.2, 0) is 0 Å². The molecule has 2 saturated heterocycles. The number of rotatable bonds is 2. The van der Waals surface area contributed by atoms with E-state index in [1.165, 1.54) is 0 Å². The van der Waals surface area contributed by atoms with Gasteiger partial charge < -0.3 is 20.4 Å². The van der Waals surface area contributed by atoms with Crippen LogP contribution in [0.3, 0.4) is 0 Å². The largest absolute Gasteiger partial charge is 0.336 e. The van der Waals surface area contributed by atoms with E-state index in [-0.39, 0.29) is 18.1 Å². The van der Waals surface area contributed by atoms with E-state index in [1.807, 2.05) is 4.90 Å². The molecule has 2 heterocycles. The van der Waals surface area contributed by atoms with E-state index < -0.39 is 0 Å². The molecule has 118 valence electrons. The maximum absolute atomic E-state index is 12.4. The number of nitrogens with zero attached hydrogens (tertiary/aromatic N) is 2. The summed E-state index contributed by atoms with van der Waals surface area (Å²) in [6, 6.07) is 6.98. The Balaban J connectivity index is 1.60. The number of carbonyl (C=O) groups excluding carboxylic acids is 2. The Labute approximate surface area is 134 Å². The number of halogens is 1. The van der Waals surface area contributed by atoms with Crippen molar-refractivity contribution < 1.29 is 9.59 Å². The number of carbonyl (C=O) groups is 2. The van der Waals surface area contributed by atoms with Crippen molar-refractivity contribution in [3.63, 3.8) is 0 Å². The van der Waals surface area contributed by atoms with Crippen LogP contribution in [0.5, 0.6) is 0 Å². The molecule has 2 aliphatic rings. The maximum atomic E-state index is 12.4. The van der Waals surface area contributed by atoms with Crippen LogP contribution in [0.15, 0.2) is 24.3 Å². The molecule has 6 nitrogen and oxygen atoms in total. The van der Waals surface area contributed by atoms with E-state index in [1.54, 1.807) is 29.2 Å². The first-order valence-electron chi connectivity index (χ1n) is 7.49. The van der Waals surface area contributed by atoms with Crippen LogP contribution < -0.4 is 10.6 Å². The molecule has 7 heteroatoms. The Morgan fingerprint density at radius 3 is 2.73 bits per heavy atom. The summed E-state index contributed by atoms with van der Waals surface area (Å²) < 4.78 is 0. The monoisotopic (exact) mass is 322 g/mol. The highest BCUT2D eigenvalue weighted by atomic mass is 35.5. The van der Waals surface area contributed by atoms with Gasteiger partial charge in [-0.2, -0.15) is 0 Å². The highest BCUT2D eigenvalue weighted by Crippen LogP contribution is 2.19. The van der Waals surface area contributed by atoms with Crippen molar-refractivity contribution in [1.82, 2.24) is 15.1 Å². The van der Waals surface area contributed by atoms with Gasteiger partial charge in [0.1, 0.15) is 0 Å². The molecule has 2 aliphatic heterocycles. The van der Waals surface area contributed by atoms with Gasteiger partial charge in [0.2, 0.25) is 0 Å². The van der Waals surface area contributed by atoms with E-state index in [9.17, 15) is 9.59 Å². The zero-order chi connectivity index (χ0) is 15.5. The van der Waals surface area contributed by atoms with Gasteiger partial charge in [-0.25, -0.2) is 9.59 Å². The predicted octanol–water partition coefficient (Wildman–Crippen LogP) is 2.36. The summed E-state index contributed by atoms with van der Waals surface area (Å²) in [5.74, 6) is 0. The van der Waals surface area contributed by atoms with Gasteiger partial charge >= 0.3 is 12.1 Å². The van der Waals surface area contributed by atoms with Crippen LogP contribution in [0.4, 0.5) is 15.3 Å². The van der Waals surface area contributed by atoms with Crippen LogP contribution in [0.25, 0.3) is 0 Å². The Morgan fingerprint density at radius 2 is 2.05 bits per heavy atom. The third kappa shape index (κ3) is 3.27. The molecular weight excluding hydrogens is 304 g/mol. The number of hydrogen-bond donors (Lipinski definition) is 2. The highest BCUT2D eigenvalue weighted by Gasteiger charge is 2.32. The normalized spacial score (nSPS) is 21.7. The lowest BCUT2D eigenvalue weighted by Gasteiger charge is -2.36. The van der Waals surface area contributed by atoms with Gasteiger partial charge in [0.05, 0.1) is 6.04 Å². The molecular formula is C15H19ClN4O2. The third-order valence-electron chi connectivity index (χ3n) is 4.11. The molecule has 3 rings (SSSR count). The number of piperidine rings is 1. The second-order valence-corrected chi connectivity index (χ2v) is 6.04. The van der Waals surface area contributed by atoms with Crippen molar-refractivity contribution in [3.8, 4) is 0 Å². The number of amides is 4. The van der Waals surface area contributed by atoms with Gasteiger partial charge in [-0.05, 0) is 37.1 Å². The molecule has 0 bridgehead atoms. The summed E-state index contributed by atoms with van der Waals surface area (Å²) in [6.45, 7) is 2.70. The Bertz CT molecular complexity index is 563. The first-order chi connectivity index (χ1) is 10.6. The topological polar surface area (TPSA) is 64.7 Å². The molecule has 2 N–H and O–H groups in total. The molecule has 0 spiro atoms. The van der Waals surface area contributed by atoms with Crippen molar-refractivity contribution in [2.45, 2.75) is 18.9 Å². The van der Waals surface area contributed by atoms with Crippen LogP contribution in [-0.4, -0.2) is 54.1 Å². The molecule has 22 heavy (non-hydrogen) atoms. The third-order valence-corrected chi connectivity index (χ3v) is 4.36. The number of nitrogens with one attached hydrogen (secondary N) is 2. The van der Waals surface area contributed by atoms with Gasteiger partial charge in [0, 0.05) is 36.9 Å². The van der Waals surface area contributed by atoms with Gasteiger partial charge in [0.15, 0.2) is 0 Å². The fraction of sp³-hybridized carbons (Fsp3) is 0.467. The minimum Gasteiger partial charge on any atom is -0.336 e.